The van der Waals surface area contributed by atoms with Crippen LogP contribution in [0.15, 0.2) is 60.8 Å². The van der Waals surface area contributed by atoms with Gasteiger partial charge in [0.15, 0.2) is 5.13 Å². The lowest BCUT2D eigenvalue weighted by molar-refractivity contribution is 0.139. The van der Waals surface area contributed by atoms with Crippen LogP contribution in [0.4, 0.5) is 14.3 Å². The van der Waals surface area contributed by atoms with E-state index in [1.807, 2.05) is 30.3 Å². The second-order valence-electron chi connectivity index (χ2n) is 5.78. The Morgan fingerprint density at radius 3 is 2.54 bits per heavy atom. The number of urea groups is 1. The number of aliphatic hydroxyl groups excluding tert-OH is 1. The van der Waals surface area contributed by atoms with Crippen LogP contribution in [0.2, 0.25) is 0 Å². The molecule has 2 amide bonds. The van der Waals surface area contributed by atoms with Crippen molar-refractivity contribution in [1.82, 2.24) is 10.3 Å². The first-order valence-electron chi connectivity index (χ1n) is 8.05. The Balaban J connectivity index is 1.58. The van der Waals surface area contributed by atoms with Crippen LogP contribution >= 0.6 is 11.3 Å². The SMILES string of the molecule is CC(NC(=O)Nc1ncc(-c2ccccc2)s1)C(O)c1ccc(F)cc1. The Morgan fingerprint density at radius 1 is 1.15 bits per heavy atom. The van der Waals surface area contributed by atoms with Crippen LogP contribution in [0, 0.1) is 5.82 Å². The van der Waals surface area contributed by atoms with Crippen molar-refractivity contribution < 1.29 is 14.3 Å². The lowest BCUT2D eigenvalue weighted by atomic mass is 10.0. The fraction of sp³-hybridized carbons (Fsp3) is 0.158. The van der Waals surface area contributed by atoms with Gasteiger partial charge in [-0.1, -0.05) is 53.8 Å². The summed E-state index contributed by atoms with van der Waals surface area (Å²) >= 11 is 1.36. The normalized spacial score (nSPS) is 13.0. The molecule has 2 unspecified atom stereocenters. The molecule has 5 nitrogen and oxygen atoms in total. The fourth-order valence-corrected chi connectivity index (χ4v) is 3.25. The van der Waals surface area contributed by atoms with E-state index in [0.29, 0.717) is 10.7 Å². The minimum Gasteiger partial charge on any atom is -0.386 e. The quantitative estimate of drug-likeness (QED) is 0.629. The fourth-order valence-electron chi connectivity index (χ4n) is 2.44. The summed E-state index contributed by atoms with van der Waals surface area (Å²) in [5.74, 6) is -0.378. The molecular formula is C19H18FN3O2S. The van der Waals surface area contributed by atoms with Crippen molar-refractivity contribution in [3.05, 3.63) is 72.2 Å². The molecule has 0 bridgehead atoms. The minimum atomic E-state index is -0.947. The largest absolute Gasteiger partial charge is 0.386 e. The molecule has 1 heterocycles. The van der Waals surface area contributed by atoms with Crippen molar-refractivity contribution in [2.24, 2.45) is 0 Å². The number of hydrogen-bond acceptors (Lipinski definition) is 4. The predicted molar refractivity (Wildman–Crippen MR) is 101 cm³/mol. The monoisotopic (exact) mass is 371 g/mol. The number of benzene rings is 2. The molecule has 0 aliphatic heterocycles. The second kappa shape index (κ2) is 8.07. The van der Waals surface area contributed by atoms with Gasteiger partial charge in [-0.15, -0.1) is 0 Å². The molecule has 3 aromatic rings. The molecule has 3 rings (SSSR count). The lowest BCUT2D eigenvalue weighted by Gasteiger charge is -2.20. The van der Waals surface area contributed by atoms with Crippen molar-refractivity contribution in [3.63, 3.8) is 0 Å². The zero-order valence-corrected chi connectivity index (χ0v) is 14.8. The van der Waals surface area contributed by atoms with Gasteiger partial charge in [-0.05, 0) is 30.2 Å². The number of carbonyl (C=O) groups is 1. The summed E-state index contributed by atoms with van der Waals surface area (Å²) in [5, 5.41) is 16.1. The number of carbonyl (C=O) groups excluding carboxylic acids is 1. The summed E-state index contributed by atoms with van der Waals surface area (Å²) in [7, 11) is 0. The zero-order chi connectivity index (χ0) is 18.5. The van der Waals surface area contributed by atoms with E-state index in [4.69, 9.17) is 0 Å². The molecular weight excluding hydrogens is 353 g/mol. The third-order valence-electron chi connectivity index (χ3n) is 3.83. The summed E-state index contributed by atoms with van der Waals surface area (Å²) in [6, 6.07) is 14.2. The van der Waals surface area contributed by atoms with Gasteiger partial charge >= 0.3 is 6.03 Å². The van der Waals surface area contributed by atoms with E-state index in [1.165, 1.54) is 35.6 Å². The van der Waals surface area contributed by atoms with Crippen LogP contribution in [0.1, 0.15) is 18.6 Å². The van der Waals surface area contributed by atoms with E-state index in [-0.39, 0.29) is 5.82 Å². The predicted octanol–water partition coefficient (Wildman–Crippen LogP) is 4.19. The summed E-state index contributed by atoms with van der Waals surface area (Å²) in [4.78, 5) is 17.3. The number of halogens is 1. The van der Waals surface area contributed by atoms with Crippen LogP contribution in [0.3, 0.4) is 0 Å². The average molecular weight is 371 g/mol. The molecule has 0 aliphatic carbocycles. The van der Waals surface area contributed by atoms with Crippen molar-refractivity contribution in [1.29, 1.82) is 0 Å². The number of amides is 2. The van der Waals surface area contributed by atoms with Crippen molar-refractivity contribution in [2.75, 3.05) is 5.32 Å². The number of aromatic nitrogens is 1. The Labute approximate surface area is 154 Å². The van der Waals surface area contributed by atoms with Gasteiger partial charge in [0.05, 0.1) is 17.0 Å². The molecule has 0 radical (unpaired) electrons. The number of thiazole rings is 1. The number of hydrogen-bond donors (Lipinski definition) is 3. The second-order valence-corrected chi connectivity index (χ2v) is 6.81. The molecule has 0 saturated heterocycles. The highest BCUT2D eigenvalue weighted by atomic mass is 32.1. The highest BCUT2D eigenvalue weighted by Crippen LogP contribution is 2.28. The van der Waals surface area contributed by atoms with Gasteiger partial charge in [0, 0.05) is 6.20 Å². The maximum atomic E-state index is 13.0. The molecule has 0 saturated carbocycles. The van der Waals surface area contributed by atoms with Crippen LogP contribution in [-0.2, 0) is 0 Å². The topological polar surface area (TPSA) is 74.2 Å². The molecule has 2 atom stereocenters. The van der Waals surface area contributed by atoms with E-state index in [0.717, 1.165) is 10.4 Å². The zero-order valence-electron chi connectivity index (χ0n) is 14.0. The molecule has 1 aromatic heterocycles. The number of nitrogens with zero attached hydrogens (tertiary/aromatic N) is 1. The summed E-state index contributed by atoms with van der Waals surface area (Å²) in [5.41, 5.74) is 1.55. The molecule has 3 N–H and O–H groups in total. The van der Waals surface area contributed by atoms with Gasteiger partial charge in [0.1, 0.15) is 5.82 Å². The van der Waals surface area contributed by atoms with E-state index >= 15 is 0 Å². The third-order valence-corrected chi connectivity index (χ3v) is 4.79. The Kier molecular flexibility index (Phi) is 5.60. The van der Waals surface area contributed by atoms with Gasteiger partial charge in [-0.25, -0.2) is 14.2 Å². The van der Waals surface area contributed by atoms with E-state index in [9.17, 15) is 14.3 Å². The van der Waals surface area contributed by atoms with Gasteiger partial charge in [-0.2, -0.15) is 0 Å². The molecule has 134 valence electrons. The molecule has 0 spiro atoms. The van der Waals surface area contributed by atoms with E-state index < -0.39 is 18.2 Å². The lowest BCUT2D eigenvalue weighted by Crippen LogP contribution is -2.39. The Morgan fingerprint density at radius 2 is 1.85 bits per heavy atom. The molecule has 26 heavy (non-hydrogen) atoms. The van der Waals surface area contributed by atoms with Crippen LogP contribution in [0.5, 0.6) is 0 Å². The molecule has 2 aromatic carbocycles. The summed E-state index contributed by atoms with van der Waals surface area (Å²) < 4.78 is 13.0. The van der Waals surface area contributed by atoms with Gasteiger partial charge in [-0.3, -0.25) is 5.32 Å². The number of anilines is 1. The van der Waals surface area contributed by atoms with Crippen molar-refractivity contribution in [2.45, 2.75) is 19.1 Å². The van der Waals surface area contributed by atoms with Crippen molar-refractivity contribution in [3.8, 4) is 10.4 Å². The number of rotatable bonds is 5. The van der Waals surface area contributed by atoms with E-state index in [1.54, 1.807) is 13.1 Å². The first-order chi connectivity index (χ1) is 12.5. The van der Waals surface area contributed by atoms with Crippen LogP contribution in [0.25, 0.3) is 10.4 Å². The molecule has 0 aliphatic rings. The van der Waals surface area contributed by atoms with E-state index in [2.05, 4.69) is 15.6 Å². The Hall–Kier alpha value is -2.77. The van der Waals surface area contributed by atoms with Crippen LogP contribution in [-0.4, -0.2) is 22.2 Å². The maximum Gasteiger partial charge on any atom is 0.321 e. The highest BCUT2D eigenvalue weighted by Gasteiger charge is 2.19. The van der Waals surface area contributed by atoms with Gasteiger partial charge in [0.25, 0.3) is 0 Å². The van der Waals surface area contributed by atoms with Crippen molar-refractivity contribution >= 4 is 22.5 Å². The highest BCUT2D eigenvalue weighted by molar-refractivity contribution is 7.19. The van der Waals surface area contributed by atoms with Gasteiger partial charge < -0.3 is 10.4 Å². The maximum absolute atomic E-state index is 13.0. The Bertz CT molecular complexity index is 868. The van der Waals surface area contributed by atoms with Gasteiger partial charge in [0.2, 0.25) is 0 Å². The average Bonchev–Trinajstić information content (AvgIpc) is 3.10. The smallest absolute Gasteiger partial charge is 0.321 e. The third kappa shape index (κ3) is 4.44. The first kappa shape index (κ1) is 18.0. The summed E-state index contributed by atoms with van der Waals surface area (Å²) in [6.07, 6.45) is 0.754. The standard InChI is InChI=1S/C19H18FN3O2S/c1-12(17(24)14-7-9-15(20)10-8-14)22-18(25)23-19-21-11-16(26-19)13-5-3-2-4-6-13/h2-12,17,24H,1H3,(H2,21,22,23,25). The number of aliphatic hydroxyl groups is 1. The van der Waals surface area contributed by atoms with Crippen LogP contribution < -0.4 is 10.6 Å². The first-order valence-corrected chi connectivity index (χ1v) is 8.87. The molecule has 7 heteroatoms. The number of nitrogens with one attached hydrogen (secondary N) is 2. The summed E-state index contributed by atoms with van der Waals surface area (Å²) in [6.45, 7) is 1.67. The molecule has 0 fully saturated rings. The minimum absolute atomic E-state index is 0.378.